The normalized spacial score (nSPS) is 15.7. The molecule has 5 nitrogen and oxygen atoms in total. The van der Waals surface area contributed by atoms with Crippen molar-refractivity contribution in [2.45, 2.75) is 57.3 Å². The van der Waals surface area contributed by atoms with Crippen LogP contribution in [0.5, 0.6) is 0 Å². The van der Waals surface area contributed by atoms with Crippen LogP contribution in [0.3, 0.4) is 0 Å². The molecule has 0 saturated heterocycles. The molecular formula is C26H32N4O. The topological polar surface area (TPSA) is 50.2 Å². The fraction of sp³-hybridized carbons (Fsp3) is 0.385. The second-order valence-electron chi connectivity index (χ2n) is 8.49. The van der Waals surface area contributed by atoms with Crippen LogP contribution in [0.2, 0.25) is 0 Å². The molecule has 1 unspecified atom stereocenters. The molecule has 1 saturated carbocycles. The minimum Gasteiger partial charge on any atom is -0.350 e. The molecule has 1 amide bonds. The van der Waals surface area contributed by atoms with Gasteiger partial charge in [-0.05, 0) is 42.6 Å². The molecule has 4 rings (SSSR count). The summed E-state index contributed by atoms with van der Waals surface area (Å²) in [5, 5.41) is 7.49. The first-order chi connectivity index (χ1) is 15.2. The molecule has 5 heteroatoms. The van der Waals surface area contributed by atoms with E-state index in [1.54, 1.807) is 10.9 Å². The Balaban J connectivity index is 1.45. The third kappa shape index (κ3) is 5.42. The number of nitrogens with one attached hydrogen (secondary N) is 1. The summed E-state index contributed by atoms with van der Waals surface area (Å²) in [4.78, 5) is 15.7. The fourth-order valence-corrected chi connectivity index (χ4v) is 4.58. The third-order valence-corrected chi connectivity index (χ3v) is 6.34. The van der Waals surface area contributed by atoms with Gasteiger partial charge >= 0.3 is 0 Å². The number of carbonyl (C=O) groups is 1. The smallest absolute Gasteiger partial charge is 0.249 e. The van der Waals surface area contributed by atoms with E-state index in [2.05, 4.69) is 40.6 Å². The minimum atomic E-state index is -0.478. The van der Waals surface area contributed by atoms with E-state index >= 15 is 0 Å². The van der Waals surface area contributed by atoms with E-state index in [0.717, 1.165) is 12.1 Å². The second-order valence-corrected chi connectivity index (χ2v) is 8.49. The molecule has 1 fully saturated rings. The summed E-state index contributed by atoms with van der Waals surface area (Å²) in [5.41, 5.74) is 3.38. The Kier molecular flexibility index (Phi) is 7.15. The zero-order chi connectivity index (χ0) is 21.5. The van der Waals surface area contributed by atoms with Gasteiger partial charge in [0.2, 0.25) is 5.91 Å². The van der Waals surface area contributed by atoms with Gasteiger partial charge in [0.15, 0.2) is 6.04 Å². The van der Waals surface area contributed by atoms with E-state index < -0.39 is 6.04 Å². The fourth-order valence-electron chi connectivity index (χ4n) is 4.58. The Morgan fingerprint density at radius 2 is 1.74 bits per heavy atom. The lowest BCUT2D eigenvalue weighted by molar-refractivity contribution is -0.123. The quantitative estimate of drug-likeness (QED) is 0.586. The van der Waals surface area contributed by atoms with Crippen molar-refractivity contribution in [3.63, 3.8) is 0 Å². The molecule has 0 spiro atoms. The first kappa shape index (κ1) is 21.3. The average molecular weight is 417 g/mol. The molecule has 162 valence electrons. The Hall–Kier alpha value is -2.92. The van der Waals surface area contributed by atoms with Crippen molar-refractivity contribution in [1.29, 1.82) is 0 Å². The summed E-state index contributed by atoms with van der Waals surface area (Å²) >= 11 is 0. The average Bonchev–Trinajstić information content (AvgIpc) is 3.34. The van der Waals surface area contributed by atoms with Crippen molar-refractivity contribution in [1.82, 2.24) is 20.0 Å². The van der Waals surface area contributed by atoms with Crippen LogP contribution in [0.15, 0.2) is 73.1 Å². The van der Waals surface area contributed by atoms with Crippen molar-refractivity contribution in [3.05, 3.63) is 89.7 Å². The van der Waals surface area contributed by atoms with Crippen molar-refractivity contribution in [2.75, 3.05) is 7.05 Å². The van der Waals surface area contributed by atoms with Crippen molar-refractivity contribution in [2.24, 2.45) is 0 Å². The largest absolute Gasteiger partial charge is 0.350 e. The Morgan fingerprint density at radius 1 is 1.03 bits per heavy atom. The van der Waals surface area contributed by atoms with E-state index in [4.69, 9.17) is 0 Å². The molecule has 1 aliphatic carbocycles. The lowest BCUT2D eigenvalue weighted by Crippen LogP contribution is -2.35. The molecule has 1 N–H and O–H groups in total. The molecule has 2 aromatic carbocycles. The van der Waals surface area contributed by atoms with E-state index in [9.17, 15) is 4.79 Å². The van der Waals surface area contributed by atoms with Gasteiger partial charge in [-0.25, -0.2) is 0 Å². The summed E-state index contributed by atoms with van der Waals surface area (Å²) < 4.78 is 1.72. The molecule has 0 bridgehead atoms. The summed E-state index contributed by atoms with van der Waals surface area (Å²) in [5.74, 6) is -0.0506. The van der Waals surface area contributed by atoms with Gasteiger partial charge in [0.25, 0.3) is 0 Å². The summed E-state index contributed by atoms with van der Waals surface area (Å²) in [6, 6.07) is 20.3. The Bertz CT molecular complexity index is 949. The van der Waals surface area contributed by atoms with E-state index in [1.165, 1.54) is 43.2 Å². The Morgan fingerprint density at radius 3 is 2.45 bits per heavy atom. The van der Waals surface area contributed by atoms with Crippen LogP contribution < -0.4 is 5.32 Å². The molecular weight excluding hydrogens is 384 g/mol. The lowest BCUT2D eigenvalue weighted by atomic mass is 9.94. The number of hydrogen-bond acceptors (Lipinski definition) is 3. The maximum atomic E-state index is 13.2. The van der Waals surface area contributed by atoms with Gasteiger partial charge < -0.3 is 5.32 Å². The first-order valence-corrected chi connectivity index (χ1v) is 11.3. The molecule has 1 atom stereocenters. The molecule has 1 aromatic heterocycles. The highest BCUT2D eigenvalue weighted by molar-refractivity contribution is 5.83. The highest BCUT2D eigenvalue weighted by Crippen LogP contribution is 2.24. The number of aromatic nitrogens is 2. The van der Waals surface area contributed by atoms with Crippen LogP contribution in [-0.2, 0) is 17.9 Å². The monoisotopic (exact) mass is 416 g/mol. The van der Waals surface area contributed by atoms with E-state index in [1.807, 2.05) is 48.7 Å². The summed E-state index contributed by atoms with van der Waals surface area (Å²) in [6.07, 6.45) is 10.2. The van der Waals surface area contributed by atoms with Crippen LogP contribution in [0.1, 0.15) is 54.8 Å². The number of hydrogen-bond donors (Lipinski definition) is 1. The van der Waals surface area contributed by atoms with Gasteiger partial charge in [-0.15, -0.1) is 0 Å². The van der Waals surface area contributed by atoms with Gasteiger partial charge in [0.1, 0.15) is 0 Å². The first-order valence-electron chi connectivity index (χ1n) is 11.3. The van der Waals surface area contributed by atoms with Gasteiger partial charge in [-0.3, -0.25) is 14.4 Å². The number of benzene rings is 2. The predicted octanol–water partition coefficient (Wildman–Crippen LogP) is 4.55. The predicted molar refractivity (Wildman–Crippen MR) is 123 cm³/mol. The molecule has 1 heterocycles. The number of rotatable bonds is 8. The standard InChI is InChI=1S/C26H32N4O/c1-29(24-15-6-3-7-16-24)20-23-14-9-8-13-22(23)19-27-26(31)25(30-18-10-17-28-30)21-11-4-2-5-12-21/h2,4-5,8-14,17-18,24-25H,3,6-7,15-16,19-20H2,1H3,(H,27,31). The van der Waals surface area contributed by atoms with E-state index in [-0.39, 0.29) is 5.91 Å². The maximum Gasteiger partial charge on any atom is 0.249 e. The van der Waals surface area contributed by atoms with Gasteiger partial charge in [-0.2, -0.15) is 5.10 Å². The number of carbonyl (C=O) groups excluding carboxylic acids is 1. The van der Waals surface area contributed by atoms with Gasteiger partial charge in [0, 0.05) is 31.5 Å². The van der Waals surface area contributed by atoms with Crippen molar-refractivity contribution in [3.8, 4) is 0 Å². The van der Waals surface area contributed by atoms with Crippen molar-refractivity contribution >= 4 is 5.91 Å². The zero-order valence-corrected chi connectivity index (χ0v) is 18.3. The number of amides is 1. The molecule has 31 heavy (non-hydrogen) atoms. The SMILES string of the molecule is CN(Cc1ccccc1CNC(=O)C(c1ccccc1)n1cccn1)C1CCCCC1. The van der Waals surface area contributed by atoms with E-state index in [0.29, 0.717) is 12.6 Å². The zero-order valence-electron chi connectivity index (χ0n) is 18.3. The highest BCUT2D eigenvalue weighted by atomic mass is 16.2. The van der Waals surface area contributed by atoms with Gasteiger partial charge in [-0.1, -0.05) is 73.9 Å². The molecule has 3 aromatic rings. The minimum absolute atomic E-state index is 0.0506. The summed E-state index contributed by atoms with van der Waals surface area (Å²) in [6.45, 7) is 1.43. The van der Waals surface area contributed by atoms with Crippen LogP contribution in [0.25, 0.3) is 0 Å². The van der Waals surface area contributed by atoms with Crippen LogP contribution in [-0.4, -0.2) is 33.7 Å². The Labute approximate surface area is 185 Å². The second kappa shape index (κ2) is 10.4. The lowest BCUT2D eigenvalue weighted by Gasteiger charge is -2.31. The number of nitrogens with zero attached hydrogens (tertiary/aromatic N) is 3. The third-order valence-electron chi connectivity index (χ3n) is 6.34. The van der Waals surface area contributed by atoms with Crippen LogP contribution >= 0.6 is 0 Å². The van der Waals surface area contributed by atoms with Crippen LogP contribution in [0, 0.1) is 0 Å². The van der Waals surface area contributed by atoms with Crippen molar-refractivity contribution < 1.29 is 4.79 Å². The maximum absolute atomic E-state index is 13.2. The van der Waals surface area contributed by atoms with Crippen LogP contribution in [0.4, 0.5) is 0 Å². The molecule has 0 radical (unpaired) electrons. The molecule has 1 aliphatic rings. The van der Waals surface area contributed by atoms with Gasteiger partial charge in [0.05, 0.1) is 0 Å². The summed E-state index contributed by atoms with van der Waals surface area (Å²) in [7, 11) is 2.23. The highest BCUT2D eigenvalue weighted by Gasteiger charge is 2.23. The molecule has 0 aliphatic heterocycles.